The third-order valence-electron chi connectivity index (χ3n) is 10.3. The fraction of sp³-hybridized carbons (Fsp3) is 0.395. The first-order chi connectivity index (χ1) is 24.1. The molecule has 50 heavy (non-hydrogen) atoms. The summed E-state index contributed by atoms with van der Waals surface area (Å²) in [6.45, 7) is 1.30. The number of carbonyl (C=O) groups is 2. The number of fused-ring (bicyclic) bond motifs is 5. The minimum atomic E-state index is -4.00. The quantitative estimate of drug-likeness (QED) is 0.263. The van der Waals surface area contributed by atoms with Crippen LogP contribution in [0.15, 0.2) is 54.7 Å². The van der Waals surface area contributed by atoms with Crippen molar-refractivity contribution in [3.8, 4) is 17.0 Å². The van der Waals surface area contributed by atoms with Crippen LogP contribution in [0.25, 0.3) is 33.8 Å². The maximum Gasteiger partial charge on any atom is 0.303 e. The lowest BCUT2D eigenvalue weighted by molar-refractivity contribution is 0.0545. The van der Waals surface area contributed by atoms with Gasteiger partial charge in [0.2, 0.25) is 0 Å². The number of allylic oxidation sites excluding steroid dienone is 1. The SMILES string of the molecule is COc1ccc2c(c1)C=C(c1ncccc1C(=O)N1CCC(O)CC1)Cn1c-2c(C2CCCCC2)c2ccc(C(=O)NS(=O)(=O)N(C)C)cc21. The molecule has 12 heteroatoms. The van der Waals surface area contributed by atoms with Gasteiger partial charge in [-0.05, 0) is 96.8 Å². The summed E-state index contributed by atoms with van der Waals surface area (Å²) in [5.74, 6) is 0.161. The molecule has 0 atom stereocenters. The van der Waals surface area contributed by atoms with Gasteiger partial charge in [0.05, 0.1) is 36.7 Å². The molecule has 0 unspecified atom stereocenters. The summed E-state index contributed by atoms with van der Waals surface area (Å²) in [5.41, 5.74) is 7.10. The van der Waals surface area contributed by atoms with E-state index in [2.05, 4.69) is 21.4 Å². The second-order valence-corrected chi connectivity index (χ2v) is 15.6. The summed E-state index contributed by atoms with van der Waals surface area (Å²) in [6.07, 6.45) is 9.99. The van der Waals surface area contributed by atoms with E-state index in [1.165, 1.54) is 26.1 Å². The number of likely N-dealkylation sites (tertiary alicyclic amines) is 1. The second-order valence-electron chi connectivity index (χ2n) is 13.7. The highest BCUT2D eigenvalue weighted by Gasteiger charge is 2.32. The van der Waals surface area contributed by atoms with E-state index in [9.17, 15) is 23.1 Å². The molecular formula is C38H43N5O6S. The number of hydrogen-bond acceptors (Lipinski definition) is 7. The van der Waals surface area contributed by atoms with E-state index in [-0.39, 0.29) is 11.5 Å². The standard InChI is InChI=1S/C38H43N5O6S/c1-41(2)50(47,48)40-37(45)25-11-13-31-33(22-25)43-23-27(35-32(10-7-17-39-35)38(46)42-18-15-28(44)16-19-42)20-26-21-29(49-3)12-14-30(26)36(43)34(31)24-8-5-4-6-9-24/h7,10-14,17,20-22,24,28,44H,4-6,8-9,15-16,18-19,23H2,1-3H3,(H,40,45). The van der Waals surface area contributed by atoms with Gasteiger partial charge in [-0.25, -0.2) is 4.72 Å². The van der Waals surface area contributed by atoms with E-state index in [1.54, 1.807) is 36.4 Å². The van der Waals surface area contributed by atoms with Crippen LogP contribution in [0.2, 0.25) is 0 Å². The number of nitrogens with zero attached hydrogens (tertiary/aromatic N) is 4. The molecular weight excluding hydrogens is 655 g/mol. The summed E-state index contributed by atoms with van der Waals surface area (Å²) >= 11 is 0. The van der Waals surface area contributed by atoms with Gasteiger partial charge >= 0.3 is 10.2 Å². The molecule has 0 spiro atoms. The van der Waals surface area contributed by atoms with Crippen molar-refractivity contribution in [2.24, 2.45) is 0 Å². The molecule has 262 valence electrons. The van der Waals surface area contributed by atoms with E-state index in [0.29, 0.717) is 55.4 Å². The summed E-state index contributed by atoms with van der Waals surface area (Å²) < 4.78 is 36.2. The van der Waals surface area contributed by atoms with Gasteiger partial charge in [-0.3, -0.25) is 14.6 Å². The Morgan fingerprint density at radius 3 is 2.48 bits per heavy atom. The summed E-state index contributed by atoms with van der Waals surface area (Å²) in [4.78, 5) is 34.0. The van der Waals surface area contributed by atoms with Crippen molar-refractivity contribution in [3.05, 3.63) is 82.7 Å². The lowest BCUT2D eigenvalue weighted by Crippen LogP contribution is -2.40. The molecule has 1 aliphatic carbocycles. The minimum Gasteiger partial charge on any atom is -0.497 e. The van der Waals surface area contributed by atoms with Crippen molar-refractivity contribution in [2.45, 2.75) is 63.5 Å². The van der Waals surface area contributed by atoms with Crippen molar-refractivity contribution >= 4 is 44.6 Å². The van der Waals surface area contributed by atoms with Crippen LogP contribution in [-0.4, -0.2) is 84.5 Å². The molecule has 0 bridgehead atoms. The van der Waals surface area contributed by atoms with Gasteiger partial charge < -0.3 is 19.3 Å². The number of nitrogens with one attached hydrogen (secondary N) is 1. The third kappa shape index (κ3) is 6.31. The highest BCUT2D eigenvalue weighted by molar-refractivity contribution is 7.87. The number of hydrogen-bond donors (Lipinski definition) is 2. The third-order valence-corrected chi connectivity index (χ3v) is 11.8. The lowest BCUT2D eigenvalue weighted by Gasteiger charge is -2.30. The van der Waals surface area contributed by atoms with Crippen LogP contribution in [0.3, 0.4) is 0 Å². The van der Waals surface area contributed by atoms with Crippen molar-refractivity contribution in [2.75, 3.05) is 34.3 Å². The Morgan fingerprint density at radius 1 is 1.00 bits per heavy atom. The zero-order valence-electron chi connectivity index (χ0n) is 28.7. The number of carbonyl (C=O) groups excluding carboxylic acids is 2. The molecule has 1 saturated heterocycles. The van der Waals surface area contributed by atoms with E-state index in [1.807, 2.05) is 24.3 Å². The average molecular weight is 698 g/mol. The van der Waals surface area contributed by atoms with Gasteiger partial charge in [0.15, 0.2) is 0 Å². The molecule has 4 heterocycles. The van der Waals surface area contributed by atoms with Gasteiger partial charge in [0.1, 0.15) is 5.75 Å². The molecule has 0 radical (unpaired) electrons. The normalized spacial score (nSPS) is 17.2. The minimum absolute atomic E-state index is 0.127. The smallest absolute Gasteiger partial charge is 0.303 e. The largest absolute Gasteiger partial charge is 0.497 e. The Morgan fingerprint density at radius 2 is 1.76 bits per heavy atom. The number of ether oxygens (including phenoxy) is 1. The molecule has 2 fully saturated rings. The Labute approximate surface area is 292 Å². The van der Waals surface area contributed by atoms with E-state index in [4.69, 9.17) is 9.72 Å². The molecule has 11 nitrogen and oxygen atoms in total. The second kappa shape index (κ2) is 13.7. The number of pyridine rings is 1. The fourth-order valence-corrected chi connectivity index (χ4v) is 8.20. The Kier molecular flexibility index (Phi) is 9.27. The highest BCUT2D eigenvalue weighted by Crippen LogP contribution is 2.48. The number of aliphatic hydroxyl groups excluding tert-OH is 1. The number of aliphatic hydroxyl groups is 1. The molecule has 2 N–H and O–H groups in total. The van der Waals surface area contributed by atoms with Crippen molar-refractivity contribution in [1.29, 1.82) is 0 Å². The average Bonchev–Trinajstić information content (AvgIpc) is 3.34. The number of piperidine rings is 1. The van der Waals surface area contributed by atoms with Crippen LogP contribution in [0.4, 0.5) is 0 Å². The van der Waals surface area contributed by atoms with Crippen LogP contribution in [0.1, 0.15) is 88.4 Å². The maximum atomic E-state index is 14.0. The zero-order chi connectivity index (χ0) is 35.2. The number of benzene rings is 2. The monoisotopic (exact) mass is 697 g/mol. The Balaban J connectivity index is 1.43. The molecule has 3 aliphatic rings. The molecule has 4 aromatic rings. The summed E-state index contributed by atoms with van der Waals surface area (Å²) in [6, 6.07) is 15.0. The van der Waals surface area contributed by atoms with E-state index >= 15 is 0 Å². The highest BCUT2D eigenvalue weighted by atomic mass is 32.2. The van der Waals surface area contributed by atoms with Crippen molar-refractivity contribution in [1.82, 2.24) is 23.5 Å². The van der Waals surface area contributed by atoms with E-state index < -0.39 is 22.2 Å². The van der Waals surface area contributed by atoms with Gasteiger partial charge in [-0.15, -0.1) is 0 Å². The first-order valence-electron chi connectivity index (χ1n) is 17.3. The predicted molar refractivity (Wildman–Crippen MR) is 193 cm³/mol. The summed E-state index contributed by atoms with van der Waals surface area (Å²) in [7, 11) is 0.375. The summed E-state index contributed by atoms with van der Waals surface area (Å²) in [5, 5.41) is 11.1. The molecule has 2 amide bonds. The molecule has 2 aliphatic heterocycles. The van der Waals surface area contributed by atoms with Crippen LogP contribution < -0.4 is 9.46 Å². The topological polar surface area (TPSA) is 134 Å². The van der Waals surface area contributed by atoms with Crippen LogP contribution in [-0.2, 0) is 16.8 Å². The van der Waals surface area contributed by atoms with Crippen LogP contribution in [0.5, 0.6) is 5.75 Å². The number of aromatic nitrogens is 2. The first kappa shape index (κ1) is 34.0. The molecule has 7 rings (SSSR count). The van der Waals surface area contributed by atoms with Crippen molar-refractivity contribution in [3.63, 3.8) is 0 Å². The number of methoxy groups -OCH3 is 1. The molecule has 2 aromatic carbocycles. The van der Waals surface area contributed by atoms with E-state index in [0.717, 1.165) is 63.3 Å². The lowest BCUT2D eigenvalue weighted by atomic mass is 9.81. The molecule has 2 aromatic heterocycles. The first-order valence-corrected chi connectivity index (χ1v) is 18.7. The number of amides is 2. The predicted octanol–water partition coefficient (Wildman–Crippen LogP) is 5.45. The van der Waals surface area contributed by atoms with Gasteiger partial charge in [-0.2, -0.15) is 12.7 Å². The van der Waals surface area contributed by atoms with Crippen LogP contribution >= 0.6 is 0 Å². The number of rotatable bonds is 7. The Hall–Kier alpha value is -4.52. The van der Waals surface area contributed by atoms with Gasteiger partial charge in [-0.1, -0.05) is 25.3 Å². The van der Waals surface area contributed by atoms with Crippen molar-refractivity contribution < 1.29 is 27.9 Å². The zero-order valence-corrected chi connectivity index (χ0v) is 29.5. The van der Waals surface area contributed by atoms with Crippen LogP contribution in [0, 0.1) is 0 Å². The molecule has 1 saturated carbocycles. The van der Waals surface area contributed by atoms with Gasteiger partial charge in [0, 0.05) is 55.4 Å². The van der Waals surface area contributed by atoms with Gasteiger partial charge in [0.25, 0.3) is 11.8 Å². The fourth-order valence-electron chi connectivity index (χ4n) is 7.67. The Bertz CT molecular complexity index is 2110. The maximum absolute atomic E-state index is 14.0.